The van der Waals surface area contributed by atoms with E-state index in [9.17, 15) is 0 Å². The van der Waals surface area contributed by atoms with Gasteiger partial charge in [-0.25, -0.2) is 9.67 Å². The molecule has 2 heterocycles. The molecule has 0 bridgehead atoms. The Kier molecular flexibility index (Phi) is 1.65. The van der Waals surface area contributed by atoms with Crippen LogP contribution in [0.5, 0.6) is 0 Å². The molecule has 66 valence electrons. The first kappa shape index (κ1) is 7.73. The molecule has 2 atom stereocenters. The Morgan fingerprint density at radius 1 is 1.58 bits per heavy atom. The van der Waals surface area contributed by atoms with E-state index >= 15 is 0 Å². The molecule has 0 fully saturated rings. The maximum Gasteiger partial charge on any atom is 0.147 e. The first-order valence-electron chi connectivity index (χ1n) is 4.36. The van der Waals surface area contributed by atoms with Crippen LogP contribution in [0.2, 0.25) is 0 Å². The van der Waals surface area contributed by atoms with Gasteiger partial charge in [0.2, 0.25) is 0 Å². The van der Waals surface area contributed by atoms with Gasteiger partial charge in [0.1, 0.15) is 11.6 Å². The number of rotatable bonds is 0. The molecule has 1 aliphatic rings. The van der Waals surface area contributed by atoms with Crippen molar-refractivity contribution in [1.82, 2.24) is 14.8 Å². The highest BCUT2D eigenvalue weighted by atomic mass is 15.4. The lowest BCUT2D eigenvalue weighted by atomic mass is 10.0. The third-order valence-electron chi connectivity index (χ3n) is 2.51. The number of hydrogen-bond donors (Lipinski definition) is 1. The van der Waals surface area contributed by atoms with Gasteiger partial charge < -0.3 is 5.73 Å². The zero-order chi connectivity index (χ0) is 8.72. The Labute approximate surface area is 71.8 Å². The largest absolute Gasteiger partial charge is 0.326 e. The molecule has 2 N–H and O–H groups in total. The minimum Gasteiger partial charge on any atom is -0.326 e. The molecule has 4 heteroatoms. The minimum atomic E-state index is 0.235. The molecule has 1 aromatic rings. The van der Waals surface area contributed by atoms with Crippen LogP contribution in [0, 0.1) is 6.92 Å². The maximum atomic E-state index is 5.91. The summed E-state index contributed by atoms with van der Waals surface area (Å²) >= 11 is 0. The van der Waals surface area contributed by atoms with Gasteiger partial charge in [0.25, 0.3) is 0 Å². The topological polar surface area (TPSA) is 56.7 Å². The minimum absolute atomic E-state index is 0.235. The summed E-state index contributed by atoms with van der Waals surface area (Å²) in [6, 6.07) is 0.536. The summed E-state index contributed by atoms with van der Waals surface area (Å²) in [5.74, 6) is 1.94. The third-order valence-corrected chi connectivity index (χ3v) is 2.51. The van der Waals surface area contributed by atoms with Gasteiger partial charge >= 0.3 is 0 Å². The predicted molar refractivity (Wildman–Crippen MR) is 45.8 cm³/mol. The highest BCUT2D eigenvalue weighted by Crippen LogP contribution is 2.21. The zero-order valence-electron chi connectivity index (χ0n) is 7.49. The second-order valence-corrected chi connectivity index (χ2v) is 3.46. The number of fused-ring (bicyclic) bond motifs is 1. The van der Waals surface area contributed by atoms with Gasteiger partial charge in [-0.1, -0.05) is 0 Å². The van der Waals surface area contributed by atoms with Gasteiger partial charge in [0.05, 0.1) is 6.04 Å². The fourth-order valence-electron chi connectivity index (χ4n) is 1.69. The first-order valence-corrected chi connectivity index (χ1v) is 4.36. The Hall–Kier alpha value is -0.900. The van der Waals surface area contributed by atoms with Crippen LogP contribution in [0.3, 0.4) is 0 Å². The average Bonchev–Trinajstić information content (AvgIpc) is 2.39. The fraction of sp³-hybridized carbons (Fsp3) is 0.750. The van der Waals surface area contributed by atoms with Gasteiger partial charge in [-0.2, -0.15) is 5.10 Å². The van der Waals surface area contributed by atoms with Crippen LogP contribution < -0.4 is 5.73 Å². The molecular formula is C8H14N4. The van der Waals surface area contributed by atoms with Crippen LogP contribution in [0.1, 0.15) is 31.0 Å². The number of nitrogens with two attached hydrogens (primary N) is 1. The van der Waals surface area contributed by atoms with E-state index in [1.165, 1.54) is 0 Å². The van der Waals surface area contributed by atoms with Crippen molar-refractivity contribution in [2.75, 3.05) is 0 Å². The Morgan fingerprint density at radius 3 is 3.08 bits per heavy atom. The molecule has 2 rings (SSSR count). The van der Waals surface area contributed by atoms with Crippen molar-refractivity contribution in [3.05, 3.63) is 11.6 Å². The van der Waals surface area contributed by atoms with Gasteiger partial charge in [-0.15, -0.1) is 0 Å². The summed E-state index contributed by atoms with van der Waals surface area (Å²) in [5.41, 5.74) is 5.91. The Bertz CT molecular complexity index is 291. The summed E-state index contributed by atoms with van der Waals surface area (Å²) in [5, 5.41) is 4.31. The second-order valence-electron chi connectivity index (χ2n) is 3.46. The number of aromatic nitrogens is 3. The molecule has 0 saturated carbocycles. The molecule has 4 nitrogen and oxygen atoms in total. The van der Waals surface area contributed by atoms with E-state index in [4.69, 9.17) is 5.73 Å². The molecule has 1 aliphatic heterocycles. The number of hydrogen-bond acceptors (Lipinski definition) is 3. The van der Waals surface area contributed by atoms with E-state index in [1.54, 1.807) is 0 Å². The maximum absolute atomic E-state index is 5.91. The normalized spacial score (nSPS) is 28.6. The molecular weight excluding hydrogens is 152 g/mol. The smallest absolute Gasteiger partial charge is 0.147 e. The third kappa shape index (κ3) is 1.03. The van der Waals surface area contributed by atoms with Crippen molar-refractivity contribution in [3.63, 3.8) is 0 Å². The van der Waals surface area contributed by atoms with Crippen molar-refractivity contribution in [3.8, 4) is 0 Å². The van der Waals surface area contributed by atoms with Gasteiger partial charge in [0.15, 0.2) is 0 Å². The van der Waals surface area contributed by atoms with Crippen LogP contribution in [-0.4, -0.2) is 20.8 Å². The molecule has 0 saturated heterocycles. The van der Waals surface area contributed by atoms with Gasteiger partial charge in [-0.05, 0) is 20.3 Å². The molecule has 2 unspecified atom stereocenters. The van der Waals surface area contributed by atoms with Crippen LogP contribution in [0.15, 0.2) is 0 Å². The van der Waals surface area contributed by atoms with E-state index in [0.717, 1.165) is 24.5 Å². The van der Waals surface area contributed by atoms with Crippen molar-refractivity contribution in [2.24, 2.45) is 5.73 Å². The van der Waals surface area contributed by atoms with Crippen molar-refractivity contribution in [1.29, 1.82) is 0 Å². The van der Waals surface area contributed by atoms with Gasteiger partial charge in [0, 0.05) is 12.5 Å². The quantitative estimate of drug-likeness (QED) is 0.607. The van der Waals surface area contributed by atoms with E-state index < -0.39 is 0 Å². The lowest BCUT2D eigenvalue weighted by molar-refractivity contribution is 0.338. The van der Waals surface area contributed by atoms with Gasteiger partial charge in [-0.3, -0.25) is 0 Å². The SMILES string of the molecule is Cc1nc2n(n1)C(C)C(N)CC2. The van der Waals surface area contributed by atoms with E-state index in [1.807, 2.05) is 11.6 Å². The van der Waals surface area contributed by atoms with Crippen LogP contribution in [0.25, 0.3) is 0 Å². The van der Waals surface area contributed by atoms with Crippen molar-refractivity contribution in [2.45, 2.75) is 38.8 Å². The fourth-order valence-corrected chi connectivity index (χ4v) is 1.69. The second kappa shape index (κ2) is 2.55. The lowest BCUT2D eigenvalue weighted by Gasteiger charge is -2.25. The molecule has 0 amide bonds. The molecule has 0 aliphatic carbocycles. The summed E-state index contributed by atoms with van der Waals surface area (Å²) in [6.07, 6.45) is 1.99. The highest BCUT2D eigenvalue weighted by Gasteiger charge is 2.24. The van der Waals surface area contributed by atoms with Crippen LogP contribution in [-0.2, 0) is 6.42 Å². The Balaban J connectivity index is 2.41. The molecule has 0 spiro atoms. The molecule has 12 heavy (non-hydrogen) atoms. The highest BCUT2D eigenvalue weighted by molar-refractivity contribution is 4.99. The lowest BCUT2D eigenvalue weighted by Crippen LogP contribution is -2.36. The molecule has 0 aromatic carbocycles. The van der Waals surface area contributed by atoms with Crippen molar-refractivity contribution < 1.29 is 0 Å². The molecule has 1 aromatic heterocycles. The predicted octanol–water partition coefficient (Wildman–Crippen LogP) is 0.421. The average molecular weight is 166 g/mol. The summed E-state index contributed by atoms with van der Waals surface area (Å²) in [4.78, 5) is 4.33. The number of aryl methyl sites for hydroxylation is 2. The van der Waals surface area contributed by atoms with E-state index in [2.05, 4.69) is 17.0 Å². The standard InChI is InChI=1S/C8H14N4/c1-5-7(9)3-4-8-10-6(2)11-12(5)8/h5,7H,3-4,9H2,1-2H3. The summed E-state index contributed by atoms with van der Waals surface area (Å²) in [6.45, 7) is 4.02. The Morgan fingerprint density at radius 2 is 2.33 bits per heavy atom. The summed E-state index contributed by atoms with van der Waals surface area (Å²) in [7, 11) is 0. The van der Waals surface area contributed by atoms with Crippen molar-refractivity contribution >= 4 is 0 Å². The van der Waals surface area contributed by atoms with E-state index in [-0.39, 0.29) is 6.04 Å². The number of nitrogens with zero attached hydrogens (tertiary/aromatic N) is 3. The van der Waals surface area contributed by atoms with Crippen LogP contribution >= 0.6 is 0 Å². The van der Waals surface area contributed by atoms with Crippen LogP contribution in [0.4, 0.5) is 0 Å². The zero-order valence-corrected chi connectivity index (χ0v) is 7.49. The van der Waals surface area contributed by atoms with E-state index in [0.29, 0.717) is 6.04 Å². The molecule has 0 radical (unpaired) electrons. The summed E-state index contributed by atoms with van der Waals surface area (Å²) < 4.78 is 1.96. The first-order chi connectivity index (χ1) is 5.68. The monoisotopic (exact) mass is 166 g/mol.